The number of benzene rings is 1. The molecular formula is C15H20N4O3. The Morgan fingerprint density at radius 2 is 1.82 bits per heavy atom. The summed E-state index contributed by atoms with van der Waals surface area (Å²) in [7, 11) is 0. The Labute approximate surface area is 128 Å². The molecule has 0 unspecified atom stereocenters. The second-order valence-electron chi connectivity index (χ2n) is 5.29. The smallest absolute Gasteiger partial charge is 0.316 e. The van der Waals surface area contributed by atoms with Gasteiger partial charge in [0.2, 0.25) is 11.8 Å². The van der Waals surface area contributed by atoms with Gasteiger partial charge in [-0.3, -0.25) is 9.59 Å². The van der Waals surface area contributed by atoms with Crippen LogP contribution in [-0.4, -0.2) is 24.4 Å². The third-order valence-electron chi connectivity index (χ3n) is 3.24. The zero-order valence-corrected chi connectivity index (χ0v) is 12.2. The van der Waals surface area contributed by atoms with E-state index in [-0.39, 0.29) is 17.7 Å². The Hall–Kier alpha value is -2.57. The highest BCUT2D eigenvalue weighted by Crippen LogP contribution is 2.28. The van der Waals surface area contributed by atoms with Crippen LogP contribution >= 0.6 is 0 Å². The number of amides is 4. The lowest BCUT2D eigenvalue weighted by molar-refractivity contribution is -0.122. The molecule has 1 aliphatic rings. The van der Waals surface area contributed by atoms with E-state index in [2.05, 4.69) is 16.0 Å². The number of hydrogen-bond acceptors (Lipinski definition) is 3. The van der Waals surface area contributed by atoms with Gasteiger partial charge in [0, 0.05) is 30.3 Å². The summed E-state index contributed by atoms with van der Waals surface area (Å²) >= 11 is 0. The Morgan fingerprint density at radius 3 is 2.45 bits per heavy atom. The maximum absolute atomic E-state index is 11.8. The second-order valence-corrected chi connectivity index (χ2v) is 5.29. The van der Waals surface area contributed by atoms with E-state index < -0.39 is 6.03 Å². The topological polar surface area (TPSA) is 113 Å². The summed E-state index contributed by atoms with van der Waals surface area (Å²) in [4.78, 5) is 34.0. The summed E-state index contributed by atoms with van der Waals surface area (Å²) in [5.74, 6) is 0.136. The van der Waals surface area contributed by atoms with Crippen molar-refractivity contribution in [3.8, 4) is 0 Å². The molecule has 1 saturated carbocycles. The molecule has 1 aromatic carbocycles. The fourth-order valence-corrected chi connectivity index (χ4v) is 1.99. The monoisotopic (exact) mass is 304 g/mol. The van der Waals surface area contributed by atoms with Gasteiger partial charge in [0.1, 0.15) is 0 Å². The average molecular weight is 304 g/mol. The van der Waals surface area contributed by atoms with Gasteiger partial charge in [0.25, 0.3) is 0 Å². The molecular weight excluding hydrogens is 284 g/mol. The SMILES string of the molecule is NC(=O)Nc1cccc(NC(=O)CCCNC(=O)C2CC2)c1. The van der Waals surface area contributed by atoms with E-state index in [1.165, 1.54) is 0 Å². The minimum absolute atomic E-state index is 0.0886. The van der Waals surface area contributed by atoms with Crippen LogP contribution in [-0.2, 0) is 9.59 Å². The lowest BCUT2D eigenvalue weighted by Crippen LogP contribution is -2.26. The fraction of sp³-hybridized carbons (Fsp3) is 0.400. The minimum atomic E-state index is -0.658. The van der Waals surface area contributed by atoms with E-state index in [1.54, 1.807) is 24.3 Å². The number of hydrogen-bond donors (Lipinski definition) is 4. The van der Waals surface area contributed by atoms with Crippen molar-refractivity contribution in [3.05, 3.63) is 24.3 Å². The van der Waals surface area contributed by atoms with Crippen molar-refractivity contribution in [1.82, 2.24) is 5.32 Å². The molecule has 0 aromatic heterocycles. The van der Waals surface area contributed by atoms with Crippen LogP contribution < -0.4 is 21.7 Å². The maximum Gasteiger partial charge on any atom is 0.316 e. The Balaban J connectivity index is 1.69. The van der Waals surface area contributed by atoms with Gasteiger partial charge in [-0.05, 0) is 37.5 Å². The minimum Gasteiger partial charge on any atom is -0.356 e. The largest absolute Gasteiger partial charge is 0.356 e. The normalized spacial score (nSPS) is 13.3. The van der Waals surface area contributed by atoms with Gasteiger partial charge in [0.05, 0.1) is 0 Å². The molecule has 118 valence electrons. The number of anilines is 2. The van der Waals surface area contributed by atoms with E-state index in [9.17, 15) is 14.4 Å². The lowest BCUT2D eigenvalue weighted by Gasteiger charge is -2.08. The van der Waals surface area contributed by atoms with Crippen LogP contribution in [0.2, 0.25) is 0 Å². The van der Waals surface area contributed by atoms with Crippen molar-refractivity contribution in [3.63, 3.8) is 0 Å². The number of urea groups is 1. The molecule has 0 atom stereocenters. The maximum atomic E-state index is 11.8. The third-order valence-corrected chi connectivity index (χ3v) is 3.24. The van der Waals surface area contributed by atoms with Gasteiger partial charge >= 0.3 is 6.03 Å². The zero-order valence-electron chi connectivity index (χ0n) is 12.2. The Bertz CT molecular complexity index is 570. The number of rotatable bonds is 7. The van der Waals surface area contributed by atoms with E-state index in [1.807, 2.05) is 0 Å². The average Bonchev–Trinajstić information content (AvgIpc) is 3.27. The van der Waals surface area contributed by atoms with Crippen LogP contribution in [0.5, 0.6) is 0 Å². The molecule has 0 spiro atoms. The van der Waals surface area contributed by atoms with Gasteiger partial charge in [-0.1, -0.05) is 6.07 Å². The molecule has 0 heterocycles. The number of carbonyl (C=O) groups excluding carboxylic acids is 3. The molecule has 1 fully saturated rings. The number of nitrogens with one attached hydrogen (secondary N) is 3. The highest BCUT2D eigenvalue weighted by molar-refractivity contribution is 5.93. The summed E-state index contributed by atoms with van der Waals surface area (Å²) in [5.41, 5.74) is 6.13. The van der Waals surface area contributed by atoms with E-state index in [0.717, 1.165) is 12.8 Å². The van der Waals surface area contributed by atoms with E-state index >= 15 is 0 Å². The predicted molar refractivity (Wildman–Crippen MR) is 83.2 cm³/mol. The summed E-state index contributed by atoms with van der Waals surface area (Å²) in [6.45, 7) is 0.506. The van der Waals surface area contributed by atoms with Crippen LogP contribution in [0.1, 0.15) is 25.7 Å². The van der Waals surface area contributed by atoms with Gasteiger partial charge in [0.15, 0.2) is 0 Å². The van der Waals surface area contributed by atoms with E-state index in [0.29, 0.717) is 30.8 Å². The second kappa shape index (κ2) is 7.44. The molecule has 1 aromatic rings. The van der Waals surface area contributed by atoms with Crippen LogP contribution in [0.3, 0.4) is 0 Å². The van der Waals surface area contributed by atoms with Gasteiger partial charge in [-0.15, -0.1) is 0 Å². The molecule has 7 nitrogen and oxygen atoms in total. The molecule has 0 saturated heterocycles. The summed E-state index contributed by atoms with van der Waals surface area (Å²) in [6, 6.07) is 6.07. The molecule has 2 rings (SSSR count). The summed E-state index contributed by atoms with van der Waals surface area (Å²) in [6.07, 6.45) is 2.85. The molecule has 1 aliphatic carbocycles. The van der Waals surface area contributed by atoms with Gasteiger partial charge < -0.3 is 21.7 Å². The highest BCUT2D eigenvalue weighted by Gasteiger charge is 2.28. The van der Waals surface area contributed by atoms with Crippen molar-refractivity contribution >= 4 is 29.2 Å². The first kappa shape index (κ1) is 15.8. The predicted octanol–water partition coefficient (Wildman–Crippen LogP) is 1.42. The number of primary amides is 1. The molecule has 4 amide bonds. The van der Waals surface area contributed by atoms with Gasteiger partial charge in [-0.2, -0.15) is 0 Å². The Morgan fingerprint density at radius 1 is 1.14 bits per heavy atom. The number of nitrogens with two attached hydrogens (primary N) is 1. The van der Waals surface area contributed by atoms with Crippen LogP contribution in [0.15, 0.2) is 24.3 Å². The molecule has 5 N–H and O–H groups in total. The van der Waals surface area contributed by atoms with Crippen LogP contribution in [0.25, 0.3) is 0 Å². The van der Waals surface area contributed by atoms with Crippen LogP contribution in [0.4, 0.5) is 16.2 Å². The van der Waals surface area contributed by atoms with Crippen molar-refractivity contribution in [1.29, 1.82) is 0 Å². The van der Waals surface area contributed by atoms with Crippen molar-refractivity contribution in [2.75, 3.05) is 17.2 Å². The molecule has 0 radical (unpaired) electrons. The lowest BCUT2D eigenvalue weighted by atomic mass is 10.2. The first-order valence-electron chi connectivity index (χ1n) is 7.28. The van der Waals surface area contributed by atoms with Crippen molar-refractivity contribution in [2.45, 2.75) is 25.7 Å². The van der Waals surface area contributed by atoms with Crippen LogP contribution in [0, 0.1) is 5.92 Å². The zero-order chi connectivity index (χ0) is 15.9. The molecule has 0 aliphatic heterocycles. The summed E-state index contributed by atoms with van der Waals surface area (Å²) < 4.78 is 0. The third kappa shape index (κ3) is 5.43. The molecule has 22 heavy (non-hydrogen) atoms. The van der Waals surface area contributed by atoms with Crippen molar-refractivity contribution in [2.24, 2.45) is 11.7 Å². The number of carbonyl (C=O) groups is 3. The van der Waals surface area contributed by atoms with E-state index in [4.69, 9.17) is 5.73 Å². The highest BCUT2D eigenvalue weighted by atomic mass is 16.2. The van der Waals surface area contributed by atoms with Crippen molar-refractivity contribution < 1.29 is 14.4 Å². The standard InChI is InChI=1S/C15H20N4O3/c16-15(22)19-12-4-1-3-11(9-12)18-13(20)5-2-8-17-14(21)10-6-7-10/h1,3-4,9-10H,2,5-8H2,(H,17,21)(H,18,20)(H3,16,19,22). The Kier molecular flexibility index (Phi) is 5.35. The summed E-state index contributed by atoms with van der Waals surface area (Å²) in [5, 5.41) is 7.99. The fourth-order valence-electron chi connectivity index (χ4n) is 1.99. The van der Waals surface area contributed by atoms with Gasteiger partial charge in [-0.25, -0.2) is 4.79 Å². The molecule has 7 heteroatoms. The first-order valence-corrected chi connectivity index (χ1v) is 7.28. The quantitative estimate of drug-likeness (QED) is 0.571. The molecule has 0 bridgehead atoms. The first-order chi connectivity index (χ1) is 10.5.